The van der Waals surface area contributed by atoms with Gasteiger partial charge in [-0.05, 0) is 12.0 Å². The van der Waals surface area contributed by atoms with Crippen LogP contribution in [0.15, 0.2) is 42.5 Å². The lowest BCUT2D eigenvalue weighted by molar-refractivity contribution is -0.136. The zero-order valence-electron chi connectivity index (χ0n) is 11.3. The first kappa shape index (κ1) is 14.4. The molecule has 106 valence electrons. The van der Waals surface area contributed by atoms with Gasteiger partial charge in [0.15, 0.2) is 0 Å². The molecule has 1 unspecified atom stereocenters. The van der Waals surface area contributed by atoms with Gasteiger partial charge in [-0.2, -0.15) is 0 Å². The standard InChI is InChI=1S/C15H19N3O2/c16-13(10-12-4-2-1-3-5-12)11-17-8-9-18-14(19)6-7-15(18)20/h1-7,13,17H,8-11,16H2. The molecule has 0 fully saturated rings. The fraction of sp³-hybridized carbons (Fsp3) is 0.333. The van der Waals surface area contributed by atoms with E-state index in [4.69, 9.17) is 5.73 Å². The van der Waals surface area contributed by atoms with Crippen molar-refractivity contribution in [2.24, 2.45) is 5.73 Å². The van der Waals surface area contributed by atoms with Crippen molar-refractivity contribution in [3.8, 4) is 0 Å². The van der Waals surface area contributed by atoms with E-state index in [0.717, 1.165) is 6.42 Å². The molecule has 0 saturated carbocycles. The third-order valence-electron chi connectivity index (χ3n) is 3.16. The van der Waals surface area contributed by atoms with E-state index >= 15 is 0 Å². The molecule has 1 heterocycles. The van der Waals surface area contributed by atoms with Crippen LogP contribution in [0.4, 0.5) is 0 Å². The highest BCUT2D eigenvalue weighted by molar-refractivity contribution is 6.12. The van der Waals surface area contributed by atoms with Crippen molar-refractivity contribution >= 4 is 11.8 Å². The second kappa shape index (κ2) is 6.98. The first-order chi connectivity index (χ1) is 9.66. The van der Waals surface area contributed by atoms with Gasteiger partial charge in [-0.3, -0.25) is 14.5 Å². The van der Waals surface area contributed by atoms with E-state index in [-0.39, 0.29) is 17.9 Å². The molecule has 0 spiro atoms. The smallest absolute Gasteiger partial charge is 0.253 e. The van der Waals surface area contributed by atoms with Gasteiger partial charge in [-0.25, -0.2) is 0 Å². The van der Waals surface area contributed by atoms with Crippen molar-refractivity contribution in [1.82, 2.24) is 10.2 Å². The van der Waals surface area contributed by atoms with E-state index in [0.29, 0.717) is 19.6 Å². The number of nitrogens with zero attached hydrogens (tertiary/aromatic N) is 1. The maximum absolute atomic E-state index is 11.3. The average molecular weight is 273 g/mol. The Balaban J connectivity index is 1.64. The molecule has 1 aliphatic rings. The van der Waals surface area contributed by atoms with E-state index in [9.17, 15) is 9.59 Å². The number of imide groups is 1. The van der Waals surface area contributed by atoms with Crippen LogP contribution in [0.3, 0.4) is 0 Å². The summed E-state index contributed by atoms with van der Waals surface area (Å²) in [6, 6.07) is 10.1. The minimum Gasteiger partial charge on any atom is -0.326 e. The fourth-order valence-corrected chi connectivity index (χ4v) is 2.12. The Morgan fingerprint density at radius 1 is 1.10 bits per heavy atom. The molecule has 2 amide bonds. The summed E-state index contributed by atoms with van der Waals surface area (Å²) in [5.74, 6) is -0.490. The zero-order valence-corrected chi connectivity index (χ0v) is 11.3. The van der Waals surface area contributed by atoms with Crippen LogP contribution in [0.1, 0.15) is 5.56 Å². The first-order valence-electron chi connectivity index (χ1n) is 6.70. The number of hydrogen-bond donors (Lipinski definition) is 2. The molecule has 0 bridgehead atoms. The normalized spacial score (nSPS) is 15.9. The SMILES string of the molecule is NC(CNCCN1C(=O)C=CC1=O)Cc1ccccc1. The Labute approximate surface area is 118 Å². The van der Waals surface area contributed by atoms with Gasteiger partial charge in [0.25, 0.3) is 11.8 Å². The van der Waals surface area contributed by atoms with Crippen molar-refractivity contribution in [3.05, 3.63) is 48.0 Å². The number of amides is 2. The van der Waals surface area contributed by atoms with Crippen molar-refractivity contribution in [2.75, 3.05) is 19.6 Å². The summed E-state index contributed by atoms with van der Waals surface area (Å²) in [6.07, 6.45) is 3.39. The minimum absolute atomic E-state index is 0.0144. The number of nitrogens with two attached hydrogens (primary N) is 1. The number of hydrogen-bond acceptors (Lipinski definition) is 4. The highest BCUT2D eigenvalue weighted by Gasteiger charge is 2.22. The van der Waals surface area contributed by atoms with Crippen molar-refractivity contribution in [2.45, 2.75) is 12.5 Å². The van der Waals surface area contributed by atoms with E-state index < -0.39 is 0 Å². The molecule has 5 nitrogen and oxygen atoms in total. The second-order valence-electron chi connectivity index (χ2n) is 4.82. The number of rotatable bonds is 7. The van der Waals surface area contributed by atoms with Crippen LogP contribution in [0.25, 0.3) is 0 Å². The Morgan fingerprint density at radius 3 is 2.40 bits per heavy atom. The van der Waals surface area contributed by atoms with Crippen LogP contribution in [-0.2, 0) is 16.0 Å². The zero-order chi connectivity index (χ0) is 14.4. The summed E-state index contributed by atoms with van der Waals surface area (Å²) in [5.41, 5.74) is 7.24. The molecule has 0 aromatic heterocycles. The molecule has 0 aliphatic carbocycles. The predicted octanol–water partition coefficient (Wildman–Crippen LogP) is 0.0710. The van der Waals surface area contributed by atoms with E-state index in [1.807, 2.05) is 30.3 Å². The first-order valence-corrected chi connectivity index (χ1v) is 6.70. The molecule has 1 aliphatic heterocycles. The Bertz CT molecular complexity index is 481. The van der Waals surface area contributed by atoms with Gasteiger partial charge in [0.05, 0.1) is 0 Å². The number of carbonyl (C=O) groups excluding carboxylic acids is 2. The average Bonchev–Trinajstić information content (AvgIpc) is 2.76. The van der Waals surface area contributed by atoms with E-state index in [2.05, 4.69) is 5.32 Å². The van der Waals surface area contributed by atoms with Crippen LogP contribution < -0.4 is 11.1 Å². The molecule has 0 saturated heterocycles. The Morgan fingerprint density at radius 2 is 1.75 bits per heavy atom. The van der Waals surface area contributed by atoms with Gasteiger partial charge >= 0.3 is 0 Å². The number of carbonyl (C=O) groups is 2. The van der Waals surface area contributed by atoms with Crippen LogP contribution in [0, 0.1) is 0 Å². The molecule has 1 aromatic rings. The summed E-state index contributed by atoms with van der Waals surface area (Å²) in [5, 5.41) is 3.17. The number of benzene rings is 1. The summed E-state index contributed by atoms with van der Waals surface area (Å²) < 4.78 is 0. The minimum atomic E-state index is -0.245. The highest BCUT2D eigenvalue weighted by atomic mass is 16.2. The van der Waals surface area contributed by atoms with Gasteiger partial charge < -0.3 is 11.1 Å². The molecule has 5 heteroatoms. The molecule has 3 N–H and O–H groups in total. The third-order valence-corrected chi connectivity index (χ3v) is 3.16. The largest absolute Gasteiger partial charge is 0.326 e. The van der Waals surface area contributed by atoms with E-state index in [1.165, 1.54) is 22.6 Å². The monoisotopic (exact) mass is 273 g/mol. The van der Waals surface area contributed by atoms with Gasteiger partial charge in [0, 0.05) is 37.8 Å². The molecule has 20 heavy (non-hydrogen) atoms. The lowest BCUT2D eigenvalue weighted by Crippen LogP contribution is -2.41. The van der Waals surface area contributed by atoms with Crippen LogP contribution in [-0.4, -0.2) is 42.4 Å². The van der Waals surface area contributed by atoms with Crippen LogP contribution >= 0.6 is 0 Å². The lowest BCUT2D eigenvalue weighted by atomic mass is 10.1. The molecular weight excluding hydrogens is 254 g/mol. The van der Waals surface area contributed by atoms with Crippen molar-refractivity contribution in [1.29, 1.82) is 0 Å². The van der Waals surface area contributed by atoms with Crippen molar-refractivity contribution < 1.29 is 9.59 Å². The topological polar surface area (TPSA) is 75.4 Å². The number of nitrogens with one attached hydrogen (secondary N) is 1. The van der Waals surface area contributed by atoms with Gasteiger partial charge in [-0.15, -0.1) is 0 Å². The fourth-order valence-electron chi connectivity index (χ4n) is 2.12. The molecular formula is C15H19N3O2. The van der Waals surface area contributed by atoms with Crippen LogP contribution in [0.5, 0.6) is 0 Å². The van der Waals surface area contributed by atoms with Crippen molar-refractivity contribution in [3.63, 3.8) is 0 Å². The van der Waals surface area contributed by atoms with Crippen LogP contribution in [0.2, 0.25) is 0 Å². The molecule has 1 aromatic carbocycles. The lowest BCUT2D eigenvalue weighted by Gasteiger charge is -2.16. The van der Waals surface area contributed by atoms with E-state index in [1.54, 1.807) is 0 Å². The van der Waals surface area contributed by atoms with Gasteiger partial charge in [-0.1, -0.05) is 30.3 Å². The van der Waals surface area contributed by atoms with Gasteiger partial charge in [0.2, 0.25) is 0 Å². The summed E-state index contributed by atoms with van der Waals surface area (Å²) >= 11 is 0. The Hall–Kier alpha value is -1.98. The Kier molecular flexibility index (Phi) is 5.03. The molecule has 2 rings (SSSR count). The molecule has 1 atom stereocenters. The molecule has 0 radical (unpaired) electrons. The summed E-state index contributed by atoms with van der Waals surface area (Å²) in [7, 11) is 0. The highest BCUT2D eigenvalue weighted by Crippen LogP contribution is 2.02. The second-order valence-corrected chi connectivity index (χ2v) is 4.82. The maximum Gasteiger partial charge on any atom is 0.253 e. The van der Waals surface area contributed by atoms with Gasteiger partial charge in [0.1, 0.15) is 0 Å². The summed E-state index contributed by atoms with van der Waals surface area (Å²) in [6.45, 7) is 1.59. The quantitative estimate of drug-likeness (QED) is 0.544. The predicted molar refractivity (Wildman–Crippen MR) is 76.9 cm³/mol. The summed E-state index contributed by atoms with van der Waals surface area (Å²) in [4.78, 5) is 23.9. The maximum atomic E-state index is 11.3. The third kappa shape index (κ3) is 4.01.